The van der Waals surface area contributed by atoms with Crippen molar-refractivity contribution in [2.45, 2.75) is 12.8 Å². The van der Waals surface area contributed by atoms with Gasteiger partial charge in [-0.05, 0) is 29.3 Å². The summed E-state index contributed by atoms with van der Waals surface area (Å²) in [7, 11) is 0. The number of hydrogen-bond acceptors (Lipinski definition) is 4. The first kappa shape index (κ1) is 14.9. The number of aryl methyl sites for hydroxylation is 1. The summed E-state index contributed by atoms with van der Waals surface area (Å²) in [5.74, 6) is 1.74. The van der Waals surface area contributed by atoms with Gasteiger partial charge in [0.2, 0.25) is 5.88 Å². The van der Waals surface area contributed by atoms with Crippen molar-refractivity contribution in [3.8, 4) is 11.6 Å². The molecule has 126 valence electrons. The fourth-order valence-electron chi connectivity index (χ4n) is 3.75. The van der Waals surface area contributed by atoms with Gasteiger partial charge in [0.05, 0.1) is 5.56 Å². The number of ether oxygens (including phenoxy) is 1. The van der Waals surface area contributed by atoms with Crippen LogP contribution in [0.4, 0.5) is 5.82 Å². The molecule has 0 radical (unpaired) electrons. The average Bonchev–Trinajstić information content (AvgIpc) is 2.67. The lowest BCUT2D eigenvalue weighted by Crippen LogP contribution is -2.16. The molecule has 4 nitrogen and oxygen atoms in total. The van der Waals surface area contributed by atoms with Crippen LogP contribution < -0.4 is 10.5 Å². The minimum atomic E-state index is -0.0679. The Labute approximate surface area is 151 Å². The molecule has 5 rings (SSSR count). The minimum Gasteiger partial charge on any atom is -0.438 e. The van der Waals surface area contributed by atoms with Gasteiger partial charge in [0.15, 0.2) is 0 Å². The van der Waals surface area contributed by atoms with Gasteiger partial charge in [-0.3, -0.25) is 0 Å². The van der Waals surface area contributed by atoms with Crippen molar-refractivity contribution in [2.75, 3.05) is 5.73 Å². The molecule has 0 fully saturated rings. The molecule has 26 heavy (non-hydrogen) atoms. The maximum absolute atomic E-state index is 6.27. The van der Waals surface area contributed by atoms with Crippen LogP contribution in [0.2, 0.25) is 0 Å². The molecule has 3 aromatic carbocycles. The molecule has 0 saturated carbocycles. The highest BCUT2D eigenvalue weighted by Crippen LogP contribution is 2.50. The van der Waals surface area contributed by atoms with Gasteiger partial charge < -0.3 is 10.5 Å². The summed E-state index contributed by atoms with van der Waals surface area (Å²) in [5, 5.41) is 2.33. The Kier molecular flexibility index (Phi) is 3.19. The Bertz CT molecular complexity index is 1140. The number of nitrogens with zero attached hydrogens (tertiary/aromatic N) is 2. The third kappa shape index (κ3) is 2.15. The minimum absolute atomic E-state index is 0.0679. The fraction of sp³-hybridized carbons (Fsp3) is 0.0909. The first-order valence-corrected chi connectivity index (χ1v) is 8.59. The molecule has 0 amide bonds. The fourth-order valence-corrected chi connectivity index (χ4v) is 3.75. The van der Waals surface area contributed by atoms with E-state index in [1.165, 1.54) is 17.3 Å². The second kappa shape index (κ2) is 5.56. The number of fused-ring (bicyclic) bond motifs is 4. The summed E-state index contributed by atoms with van der Waals surface area (Å²) in [6.45, 7) is 2.09. The van der Waals surface area contributed by atoms with E-state index in [4.69, 9.17) is 10.5 Å². The number of benzene rings is 3. The largest absolute Gasteiger partial charge is 0.438 e. The van der Waals surface area contributed by atoms with E-state index >= 15 is 0 Å². The number of hydrogen-bond donors (Lipinski definition) is 1. The average molecular weight is 339 g/mol. The molecule has 2 heterocycles. The molecule has 4 aromatic rings. The molecular weight excluding hydrogens is 322 g/mol. The van der Waals surface area contributed by atoms with Crippen molar-refractivity contribution in [1.82, 2.24) is 9.97 Å². The van der Waals surface area contributed by atoms with Crippen LogP contribution in [0.25, 0.3) is 10.8 Å². The summed E-state index contributed by atoms with van der Waals surface area (Å²) in [6, 6.07) is 21.0. The molecule has 1 aliphatic heterocycles. The normalized spacial score (nSPS) is 15.2. The molecule has 0 bridgehead atoms. The molecule has 1 aromatic heterocycles. The number of anilines is 1. The summed E-state index contributed by atoms with van der Waals surface area (Å²) in [5.41, 5.74) is 10.6. The van der Waals surface area contributed by atoms with Gasteiger partial charge in [-0.1, -0.05) is 60.2 Å². The van der Waals surface area contributed by atoms with Crippen LogP contribution in [0, 0.1) is 6.92 Å². The summed E-state index contributed by atoms with van der Waals surface area (Å²) in [6.07, 6.45) is 1.45. The Hall–Kier alpha value is -3.40. The Morgan fingerprint density at radius 2 is 1.69 bits per heavy atom. The van der Waals surface area contributed by atoms with Crippen molar-refractivity contribution < 1.29 is 4.74 Å². The van der Waals surface area contributed by atoms with Crippen molar-refractivity contribution in [3.05, 3.63) is 89.2 Å². The highest BCUT2D eigenvalue weighted by atomic mass is 16.5. The topological polar surface area (TPSA) is 61.0 Å². The van der Waals surface area contributed by atoms with Crippen molar-refractivity contribution >= 4 is 16.6 Å². The molecular formula is C22H17N3O. The number of nitrogens with two attached hydrogens (primary N) is 1. The van der Waals surface area contributed by atoms with Crippen LogP contribution >= 0.6 is 0 Å². The van der Waals surface area contributed by atoms with Crippen molar-refractivity contribution in [2.24, 2.45) is 0 Å². The summed E-state index contributed by atoms with van der Waals surface area (Å²) >= 11 is 0. The van der Waals surface area contributed by atoms with Gasteiger partial charge in [0.1, 0.15) is 17.9 Å². The van der Waals surface area contributed by atoms with Crippen LogP contribution in [-0.2, 0) is 0 Å². The summed E-state index contributed by atoms with van der Waals surface area (Å²) < 4.78 is 6.11. The van der Waals surface area contributed by atoms with E-state index in [1.54, 1.807) is 0 Å². The predicted octanol–water partition coefficient (Wildman–Crippen LogP) is 4.81. The maximum atomic E-state index is 6.27. The predicted molar refractivity (Wildman–Crippen MR) is 103 cm³/mol. The van der Waals surface area contributed by atoms with E-state index in [2.05, 4.69) is 65.4 Å². The van der Waals surface area contributed by atoms with Crippen LogP contribution in [0.1, 0.15) is 28.2 Å². The summed E-state index contributed by atoms with van der Waals surface area (Å²) in [4.78, 5) is 8.56. The van der Waals surface area contributed by atoms with Gasteiger partial charge in [0.25, 0.3) is 0 Å². The van der Waals surface area contributed by atoms with E-state index in [1.807, 2.05) is 12.1 Å². The third-order valence-corrected chi connectivity index (χ3v) is 5.00. The Morgan fingerprint density at radius 3 is 2.54 bits per heavy atom. The lowest BCUT2D eigenvalue weighted by molar-refractivity contribution is 0.434. The maximum Gasteiger partial charge on any atom is 0.228 e. The molecule has 0 aliphatic carbocycles. The van der Waals surface area contributed by atoms with Gasteiger partial charge in [0, 0.05) is 11.5 Å². The zero-order chi connectivity index (χ0) is 17.7. The second-order valence-corrected chi connectivity index (χ2v) is 6.62. The molecule has 0 spiro atoms. The third-order valence-electron chi connectivity index (χ3n) is 5.00. The molecule has 1 aliphatic rings. The van der Waals surface area contributed by atoms with Gasteiger partial charge >= 0.3 is 0 Å². The zero-order valence-electron chi connectivity index (χ0n) is 14.3. The van der Waals surface area contributed by atoms with Crippen molar-refractivity contribution in [3.63, 3.8) is 0 Å². The lowest BCUT2D eigenvalue weighted by atomic mass is 9.81. The van der Waals surface area contributed by atoms with Crippen LogP contribution in [0.3, 0.4) is 0 Å². The number of aromatic nitrogens is 2. The van der Waals surface area contributed by atoms with E-state index in [9.17, 15) is 0 Å². The van der Waals surface area contributed by atoms with Gasteiger partial charge in [-0.2, -0.15) is 0 Å². The SMILES string of the molecule is Cc1ccc([C@@H]2c3c(N)ncnc3Oc3ccc4ccccc4c32)cc1. The second-order valence-electron chi connectivity index (χ2n) is 6.62. The Morgan fingerprint density at radius 1 is 0.885 bits per heavy atom. The highest BCUT2D eigenvalue weighted by molar-refractivity contribution is 5.90. The quantitative estimate of drug-likeness (QED) is 0.476. The highest BCUT2D eigenvalue weighted by Gasteiger charge is 2.33. The van der Waals surface area contributed by atoms with E-state index < -0.39 is 0 Å². The number of rotatable bonds is 1. The monoisotopic (exact) mass is 339 g/mol. The van der Waals surface area contributed by atoms with E-state index in [0.29, 0.717) is 11.7 Å². The van der Waals surface area contributed by atoms with E-state index in [0.717, 1.165) is 27.8 Å². The van der Waals surface area contributed by atoms with Crippen LogP contribution in [-0.4, -0.2) is 9.97 Å². The van der Waals surface area contributed by atoms with E-state index in [-0.39, 0.29) is 5.92 Å². The molecule has 4 heteroatoms. The van der Waals surface area contributed by atoms with Crippen LogP contribution in [0.15, 0.2) is 67.0 Å². The Balaban J connectivity index is 1.87. The smallest absolute Gasteiger partial charge is 0.228 e. The van der Waals surface area contributed by atoms with Crippen molar-refractivity contribution in [1.29, 1.82) is 0 Å². The first-order chi connectivity index (χ1) is 12.7. The molecule has 0 unspecified atom stereocenters. The molecule has 0 saturated heterocycles. The first-order valence-electron chi connectivity index (χ1n) is 8.59. The lowest BCUT2D eigenvalue weighted by Gasteiger charge is -2.29. The molecule has 1 atom stereocenters. The zero-order valence-corrected chi connectivity index (χ0v) is 14.3. The van der Waals surface area contributed by atoms with Gasteiger partial charge in [-0.25, -0.2) is 9.97 Å². The number of nitrogen functional groups attached to an aromatic ring is 1. The standard InChI is InChI=1S/C22H17N3O/c1-13-6-8-15(9-7-13)18-19-16-5-3-2-4-14(16)10-11-17(19)26-22-20(18)21(23)24-12-25-22/h2-12,18H,1H3,(H2,23,24,25)/t18-/m0/s1. The molecule has 2 N–H and O–H groups in total. The van der Waals surface area contributed by atoms with Gasteiger partial charge in [-0.15, -0.1) is 0 Å². The van der Waals surface area contributed by atoms with Crippen LogP contribution in [0.5, 0.6) is 11.6 Å².